The fraction of sp³-hybridized carbons (Fsp3) is 0.818. The van der Waals surface area contributed by atoms with Crippen LogP contribution in [0.1, 0.15) is 41.0 Å². The Kier molecular flexibility index (Phi) is 2.33. The molecule has 1 fully saturated rings. The van der Waals surface area contributed by atoms with E-state index in [9.17, 15) is 0 Å². The Morgan fingerprint density at radius 1 is 1.08 bits per heavy atom. The summed E-state index contributed by atoms with van der Waals surface area (Å²) in [5, 5.41) is 0. The second-order valence-corrected chi connectivity index (χ2v) is 4.84. The van der Waals surface area contributed by atoms with E-state index in [1.54, 1.807) is 0 Å². The number of hydrogen-bond acceptors (Lipinski definition) is 2. The monoisotopic (exact) mass is 184 g/mol. The molecule has 0 bridgehead atoms. The average molecular weight is 184 g/mol. The van der Waals surface area contributed by atoms with Gasteiger partial charge in [-0.15, -0.1) is 6.58 Å². The Morgan fingerprint density at radius 3 is 1.92 bits per heavy atom. The third-order valence-electron chi connectivity index (χ3n) is 2.78. The maximum atomic E-state index is 5.90. The van der Waals surface area contributed by atoms with Crippen molar-refractivity contribution in [1.29, 1.82) is 0 Å². The van der Waals surface area contributed by atoms with Crippen LogP contribution in [0.15, 0.2) is 12.7 Å². The van der Waals surface area contributed by atoms with Gasteiger partial charge in [0.25, 0.3) is 0 Å². The molecule has 0 amide bonds. The van der Waals surface area contributed by atoms with E-state index in [2.05, 4.69) is 27.4 Å². The summed E-state index contributed by atoms with van der Waals surface area (Å²) in [6.45, 7) is 13.8. The highest BCUT2D eigenvalue weighted by Crippen LogP contribution is 2.45. The molecule has 76 valence electrons. The zero-order valence-corrected chi connectivity index (χ0v) is 9.31. The highest BCUT2D eigenvalue weighted by atomic mass is 16.8. The van der Waals surface area contributed by atoms with Crippen molar-refractivity contribution in [3.05, 3.63) is 12.7 Å². The van der Waals surface area contributed by atoms with E-state index in [1.807, 2.05) is 19.9 Å². The Hall–Kier alpha value is -0.340. The first kappa shape index (κ1) is 10.7. The van der Waals surface area contributed by atoms with Crippen molar-refractivity contribution in [2.24, 2.45) is 0 Å². The molecule has 0 radical (unpaired) electrons. The third-order valence-corrected chi connectivity index (χ3v) is 2.78. The molecule has 1 heterocycles. The van der Waals surface area contributed by atoms with E-state index in [1.165, 1.54) is 0 Å². The SMILES string of the molecule is C=CCC1(C)OC(C)(C)OC1(C)C. The summed E-state index contributed by atoms with van der Waals surface area (Å²) in [6.07, 6.45) is 2.69. The van der Waals surface area contributed by atoms with E-state index in [4.69, 9.17) is 9.47 Å². The molecule has 13 heavy (non-hydrogen) atoms. The van der Waals surface area contributed by atoms with Gasteiger partial charge in [-0.25, -0.2) is 0 Å². The molecule has 1 unspecified atom stereocenters. The van der Waals surface area contributed by atoms with Crippen LogP contribution in [0.25, 0.3) is 0 Å². The highest BCUT2D eigenvalue weighted by Gasteiger charge is 2.54. The largest absolute Gasteiger partial charge is 0.342 e. The average Bonchev–Trinajstić information content (AvgIpc) is 1.96. The predicted octanol–water partition coefficient (Wildman–Crippen LogP) is 2.88. The Labute approximate surface area is 80.9 Å². The lowest BCUT2D eigenvalue weighted by atomic mass is 9.85. The van der Waals surface area contributed by atoms with Crippen molar-refractivity contribution < 1.29 is 9.47 Å². The normalized spacial score (nSPS) is 36.1. The molecular formula is C11H20O2. The molecule has 0 aromatic heterocycles. The topological polar surface area (TPSA) is 18.5 Å². The first-order chi connectivity index (χ1) is 5.72. The van der Waals surface area contributed by atoms with Gasteiger partial charge < -0.3 is 9.47 Å². The smallest absolute Gasteiger partial charge is 0.164 e. The van der Waals surface area contributed by atoms with Gasteiger partial charge in [-0.3, -0.25) is 0 Å². The number of hydrogen-bond donors (Lipinski definition) is 0. The zero-order chi connectivity index (χ0) is 10.3. The van der Waals surface area contributed by atoms with E-state index >= 15 is 0 Å². The molecule has 0 aromatic rings. The van der Waals surface area contributed by atoms with Crippen molar-refractivity contribution >= 4 is 0 Å². The second-order valence-electron chi connectivity index (χ2n) is 4.84. The molecule has 1 atom stereocenters. The van der Waals surface area contributed by atoms with Crippen molar-refractivity contribution in [3.8, 4) is 0 Å². The van der Waals surface area contributed by atoms with Crippen LogP contribution in [0.5, 0.6) is 0 Å². The van der Waals surface area contributed by atoms with Crippen LogP contribution in [-0.2, 0) is 9.47 Å². The first-order valence-corrected chi connectivity index (χ1v) is 4.74. The van der Waals surface area contributed by atoms with Crippen LogP contribution in [0.2, 0.25) is 0 Å². The molecular weight excluding hydrogens is 164 g/mol. The van der Waals surface area contributed by atoms with E-state index < -0.39 is 5.79 Å². The predicted molar refractivity (Wildman–Crippen MR) is 53.5 cm³/mol. The Bertz CT molecular complexity index is 218. The summed E-state index contributed by atoms with van der Waals surface area (Å²) < 4.78 is 11.7. The van der Waals surface area contributed by atoms with Gasteiger partial charge in [-0.2, -0.15) is 0 Å². The molecule has 2 heteroatoms. The van der Waals surface area contributed by atoms with Crippen molar-refractivity contribution in [3.63, 3.8) is 0 Å². The van der Waals surface area contributed by atoms with Crippen LogP contribution in [0, 0.1) is 0 Å². The summed E-state index contributed by atoms with van der Waals surface area (Å²) in [5.41, 5.74) is -0.525. The molecule has 0 spiro atoms. The van der Waals surface area contributed by atoms with Crippen molar-refractivity contribution in [2.45, 2.75) is 58.0 Å². The lowest BCUT2D eigenvalue weighted by molar-refractivity contribution is -0.165. The summed E-state index contributed by atoms with van der Waals surface area (Å²) in [5.74, 6) is -0.485. The van der Waals surface area contributed by atoms with E-state index in [0.717, 1.165) is 6.42 Å². The molecule has 0 aliphatic carbocycles. The summed E-state index contributed by atoms with van der Waals surface area (Å²) in [4.78, 5) is 0. The molecule has 0 aromatic carbocycles. The molecule has 1 saturated heterocycles. The highest BCUT2D eigenvalue weighted by molar-refractivity contribution is 5.03. The molecule has 0 N–H and O–H groups in total. The van der Waals surface area contributed by atoms with Crippen LogP contribution >= 0.6 is 0 Å². The van der Waals surface area contributed by atoms with Gasteiger partial charge in [0, 0.05) is 0 Å². The van der Waals surface area contributed by atoms with Gasteiger partial charge in [0.15, 0.2) is 5.79 Å². The van der Waals surface area contributed by atoms with E-state index in [0.29, 0.717) is 0 Å². The van der Waals surface area contributed by atoms with Crippen LogP contribution in [0.4, 0.5) is 0 Å². The van der Waals surface area contributed by atoms with Crippen LogP contribution in [0.3, 0.4) is 0 Å². The van der Waals surface area contributed by atoms with Crippen LogP contribution < -0.4 is 0 Å². The van der Waals surface area contributed by atoms with Crippen molar-refractivity contribution in [2.75, 3.05) is 0 Å². The molecule has 1 rings (SSSR count). The van der Waals surface area contributed by atoms with Gasteiger partial charge in [-0.1, -0.05) is 6.08 Å². The van der Waals surface area contributed by atoms with Gasteiger partial charge in [0.2, 0.25) is 0 Å². The second kappa shape index (κ2) is 2.82. The Morgan fingerprint density at radius 2 is 1.62 bits per heavy atom. The first-order valence-electron chi connectivity index (χ1n) is 4.74. The quantitative estimate of drug-likeness (QED) is 0.614. The fourth-order valence-corrected chi connectivity index (χ4v) is 1.97. The fourth-order valence-electron chi connectivity index (χ4n) is 1.97. The molecule has 1 aliphatic heterocycles. The minimum absolute atomic E-state index is 0.259. The summed E-state index contributed by atoms with van der Waals surface area (Å²) in [6, 6.07) is 0. The summed E-state index contributed by atoms with van der Waals surface area (Å²) >= 11 is 0. The third kappa shape index (κ3) is 1.79. The zero-order valence-electron chi connectivity index (χ0n) is 9.31. The lowest BCUT2D eigenvalue weighted by Crippen LogP contribution is -2.44. The molecule has 0 saturated carbocycles. The van der Waals surface area contributed by atoms with E-state index in [-0.39, 0.29) is 11.2 Å². The van der Waals surface area contributed by atoms with Gasteiger partial charge in [-0.05, 0) is 41.0 Å². The van der Waals surface area contributed by atoms with Crippen molar-refractivity contribution in [1.82, 2.24) is 0 Å². The number of ether oxygens (including phenoxy) is 2. The maximum absolute atomic E-state index is 5.90. The Balaban J connectivity index is 2.92. The van der Waals surface area contributed by atoms with Crippen LogP contribution in [-0.4, -0.2) is 17.0 Å². The van der Waals surface area contributed by atoms with Gasteiger partial charge in [0.1, 0.15) is 5.60 Å². The summed E-state index contributed by atoms with van der Waals surface area (Å²) in [7, 11) is 0. The minimum atomic E-state index is -0.485. The minimum Gasteiger partial charge on any atom is -0.342 e. The number of rotatable bonds is 2. The maximum Gasteiger partial charge on any atom is 0.164 e. The molecule has 1 aliphatic rings. The van der Waals surface area contributed by atoms with Gasteiger partial charge in [0.05, 0.1) is 5.60 Å². The molecule has 2 nitrogen and oxygen atoms in total. The lowest BCUT2D eigenvalue weighted by Gasteiger charge is -2.33. The van der Waals surface area contributed by atoms with Gasteiger partial charge >= 0.3 is 0 Å². The standard InChI is InChI=1S/C11H20O2/c1-7-8-11(6)9(2,3)12-10(4,5)13-11/h7H,1,8H2,2-6H3.